The Morgan fingerprint density at radius 1 is 1.12 bits per heavy atom. The topological polar surface area (TPSA) is 149 Å². The number of hydrogen-bond acceptors (Lipinski definition) is 9. The molecule has 0 spiro atoms. The summed E-state index contributed by atoms with van der Waals surface area (Å²) < 4.78 is 6.91. The number of esters is 1. The maximum atomic E-state index is 12.0. The molecule has 0 aliphatic carbocycles. The summed E-state index contributed by atoms with van der Waals surface area (Å²) in [5.74, 6) is 1.19. The maximum absolute atomic E-state index is 12.0. The van der Waals surface area contributed by atoms with Gasteiger partial charge in [0.15, 0.2) is 0 Å². The number of hydrogen-bond donors (Lipinski definition) is 5. The molecule has 0 fully saturated rings. The third kappa shape index (κ3) is 7.67. The van der Waals surface area contributed by atoms with Crippen LogP contribution in [0.25, 0.3) is 11.0 Å². The summed E-state index contributed by atoms with van der Waals surface area (Å²) in [6, 6.07) is 5.97. The first-order valence-electron chi connectivity index (χ1n) is 11.0. The molecule has 1 aromatic carbocycles. The fourth-order valence-electron chi connectivity index (χ4n) is 3.54. The SMILES string of the molecule is Cn1c(CCCC(=O)OCC(O)C(O)C(O)C(O)CO)nc2cc(N(CCCl)CCCl)ccc21. The van der Waals surface area contributed by atoms with Crippen molar-refractivity contribution < 1.29 is 35.1 Å². The van der Waals surface area contributed by atoms with Gasteiger partial charge in [0.05, 0.1) is 17.6 Å². The van der Waals surface area contributed by atoms with Gasteiger partial charge in [0.2, 0.25) is 0 Å². The third-order valence-electron chi connectivity index (χ3n) is 5.55. The molecule has 0 saturated carbocycles. The average molecular weight is 522 g/mol. The molecule has 0 amide bonds. The highest BCUT2D eigenvalue weighted by atomic mass is 35.5. The summed E-state index contributed by atoms with van der Waals surface area (Å²) in [6.45, 7) is 0.0152. The number of alkyl halides is 2. The average Bonchev–Trinajstić information content (AvgIpc) is 3.15. The van der Waals surface area contributed by atoms with E-state index in [-0.39, 0.29) is 6.42 Å². The smallest absolute Gasteiger partial charge is 0.305 e. The zero-order valence-electron chi connectivity index (χ0n) is 19.1. The van der Waals surface area contributed by atoms with Gasteiger partial charge in [0.25, 0.3) is 0 Å². The number of nitrogens with zero attached hydrogens (tertiary/aromatic N) is 3. The summed E-state index contributed by atoms with van der Waals surface area (Å²) in [7, 11) is 1.90. The second-order valence-corrected chi connectivity index (χ2v) is 8.72. The number of imidazole rings is 1. The second-order valence-electron chi connectivity index (χ2n) is 7.96. The van der Waals surface area contributed by atoms with Crippen molar-refractivity contribution in [3.8, 4) is 0 Å². The van der Waals surface area contributed by atoms with Crippen LogP contribution in [0.15, 0.2) is 18.2 Å². The van der Waals surface area contributed by atoms with Crippen LogP contribution in [0, 0.1) is 0 Å². The lowest BCUT2D eigenvalue weighted by Gasteiger charge is -2.25. The second kappa shape index (κ2) is 14.0. The Morgan fingerprint density at radius 3 is 2.38 bits per heavy atom. The van der Waals surface area contributed by atoms with Crippen molar-refractivity contribution >= 4 is 45.9 Å². The molecule has 0 bridgehead atoms. The van der Waals surface area contributed by atoms with Gasteiger partial charge in [0, 0.05) is 50.4 Å². The minimum absolute atomic E-state index is 0.0678. The molecule has 10 nitrogen and oxygen atoms in total. The van der Waals surface area contributed by atoms with E-state index in [2.05, 4.69) is 9.88 Å². The molecule has 12 heteroatoms. The van der Waals surface area contributed by atoms with E-state index < -0.39 is 43.6 Å². The van der Waals surface area contributed by atoms with E-state index in [1.54, 1.807) is 0 Å². The lowest BCUT2D eigenvalue weighted by Crippen LogP contribution is -2.47. The first kappa shape index (κ1) is 28.6. The predicted octanol–water partition coefficient (Wildman–Crippen LogP) is 0.159. The molecule has 1 heterocycles. The molecule has 5 N–H and O–H groups in total. The van der Waals surface area contributed by atoms with Crippen LogP contribution >= 0.6 is 23.2 Å². The van der Waals surface area contributed by atoms with Gasteiger partial charge in [-0.2, -0.15) is 0 Å². The van der Waals surface area contributed by atoms with Gasteiger partial charge >= 0.3 is 5.97 Å². The number of aliphatic hydroxyl groups is 5. The number of anilines is 1. The molecule has 2 aromatic rings. The van der Waals surface area contributed by atoms with Gasteiger partial charge in [-0.25, -0.2) is 4.98 Å². The van der Waals surface area contributed by atoms with Crippen molar-refractivity contribution in [2.45, 2.75) is 43.7 Å². The molecule has 0 aliphatic rings. The van der Waals surface area contributed by atoms with E-state index in [1.165, 1.54) is 0 Å². The minimum atomic E-state index is -1.77. The number of benzene rings is 1. The van der Waals surface area contributed by atoms with E-state index in [0.29, 0.717) is 37.7 Å². The maximum Gasteiger partial charge on any atom is 0.305 e. The van der Waals surface area contributed by atoms with Gasteiger partial charge in [-0.15, -0.1) is 23.2 Å². The van der Waals surface area contributed by atoms with E-state index in [0.717, 1.165) is 22.5 Å². The van der Waals surface area contributed by atoms with E-state index >= 15 is 0 Å². The molecular weight excluding hydrogens is 489 g/mol. The predicted molar refractivity (Wildman–Crippen MR) is 129 cm³/mol. The zero-order chi connectivity index (χ0) is 25.3. The highest BCUT2D eigenvalue weighted by Gasteiger charge is 2.30. The van der Waals surface area contributed by atoms with Crippen LogP contribution in [0.2, 0.25) is 0 Å². The summed E-state index contributed by atoms with van der Waals surface area (Å²) in [4.78, 5) is 18.8. The van der Waals surface area contributed by atoms with Gasteiger partial charge in [-0.3, -0.25) is 4.79 Å². The molecule has 4 atom stereocenters. The number of carbonyl (C=O) groups excluding carboxylic acids is 1. The van der Waals surface area contributed by atoms with Crippen molar-refractivity contribution in [2.24, 2.45) is 7.05 Å². The molecule has 0 radical (unpaired) electrons. The Morgan fingerprint density at radius 2 is 1.76 bits per heavy atom. The van der Waals surface area contributed by atoms with Gasteiger partial charge < -0.3 is 39.7 Å². The molecule has 2 rings (SSSR count). The monoisotopic (exact) mass is 521 g/mol. The van der Waals surface area contributed by atoms with Gasteiger partial charge in [0.1, 0.15) is 36.8 Å². The van der Waals surface area contributed by atoms with Crippen LogP contribution in [0.5, 0.6) is 0 Å². The zero-order valence-corrected chi connectivity index (χ0v) is 20.6. The largest absolute Gasteiger partial charge is 0.463 e. The number of halogens is 2. The fraction of sp³-hybridized carbons (Fsp3) is 0.636. The molecule has 0 aliphatic heterocycles. The number of rotatable bonds is 15. The number of aromatic nitrogens is 2. The van der Waals surface area contributed by atoms with E-state index in [4.69, 9.17) is 33.0 Å². The third-order valence-corrected chi connectivity index (χ3v) is 5.89. The molecule has 0 saturated heterocycles. The minimum Gasteiger partial charge on any atom is -0.463 e. The van der Waals surface area contributed by atoms with Crippen molar-refractivity contribution in [3.63, 3.8) is 0 Å². The Balaban J connectivity index is 1.89. The summed E-state index contributed by atoms with van der Waals surface area (Å²) in [6.07, 6.45) is -5.72. The van der Waals surface area contributed by atoms with Crippen molar-refractivity contribution in [2.75, 3.05) is 43.0 Å². The molecule has 1 aromatic heterocycles. The quantitative estimate of drug-likeness (QED) is 0.163. The van der Waals surface area contributed by atoms with Crippen molar-refractivity contribution in [1.29, 1.82) is 0 Å². The van der Waals surface area contributed by atoms with Crippen molar-refractivity contribution in [1.82, 2.24) is 9.55 Å². The number of aliphatic hydroxyl groups excluding tert-OH is 5. The van der Waals surface area contributed by atoms with Crippen LogP contribution in [-0.2, 0) is 23.0 Å². The van der Waals surface area contributed by atoms with Crippen LogP contribution in [0.3, 0.4) is 0 Å². The highest BCUT2D eigenvalue weighted by Crippen LogP contribution is 2.23. The van der Waals surface area contributed by atoms with Crippen LogP contribution in [0.4, 0.5) is 5.69 Å². The summed E-state index contributed by atoms with van der Waals surface area (Å²) >= 11 is 11.8. The number of fused-ring (bicyclic) bond motifs is 1. The summed E-state index contributed by atoms with van der Waals surface area (Å²) in [5, 5.41) is 47.3. The van der Waals surface area contributed by atoms with Gasteiger partial charge in [-0.05, 0) is 24.6 Å². The Bertz CT molecular complexity index is 908. The Labute approximate surface area is 208 Å². The Kier molecular flexibility index (Phi) is 11.8. The van der Waals surface area contributed by atoms with E-state index in [9.17, 15) is 25.2 Å². The first-order chi connectivity index (χ1) is 16.2. The van der Waals surface area contributed by atoms with Crippen LogP contribution < -0.4 is 4.90 Å². The van der Waals surface area contributed by atoms with Crippen LogP contribution in [0.1, 0.15) is 18.7 Å². The van der Waals surface area contributed by atoms with E-state index in [1.807, 2.05) is 29.8 Å². The number of aryl methyl sites for hydroxylation is 2. The summed E-state index contributed by atoms with van der Waals surface area (Å²) in [5.41, 5.74) is 2.77. The molecule has 4 unspecified atom stereocenters. The standard InChI is InChI=1S/C22H33Cl2N3O7/c1-26-16-6-5-14(27(9-7-23)10-8-24)11-15(16)25-19(26)3-2-4-20(31)34-13-18(30)22(33)21(32)17(29)12-28/h5-6,11,17-18,21-22,28-30,32-33H,2-4,7-10,12-13H2,1H3. The Hall–Kier alpha value is -1.66. The fourth-order valence-corrected chi connectivity index (χ4v) is 3.94. The van der Waals surface area contributed by atoms with Crippen molar-refractivity contribution in [3.05, 3.63) is 24.0 Å². The van der Waals surface area contributed by atoms with Gasteiger partial charge in [-0.1, -0.05) is 0 Å². The lowest BCUT2D eigenvalue weighted by molar-refractivity contribution is -0.156. The number of ether oxygens (including phenoxy) is 1. The molecule has 34 heavy (non-hydrogen) atoms. The normalized spacial score (nSPS) is 15.2. The molecule has 192 valence electrons. The van der Waals surface area contributed by atoms with Crippen LogP contribution in [-0.4, -0.2) is 104 Å². The molecular formula is C22H33Cl2N3O7. The lowest BCUT2D eigenvalue weighted by atomic mass is 10.0. The number of carbonyl (C=O) groups is 1. The highest BCUT2D eigenvalue weighted by molar-refractivity contribution is 6.18. The first-order valence-corrected chi connectivity index (χ1v) is 12.1.